The fourth-order valence-corrected chi connectivity index (χ4v) is 7.06. The van der Waals surface area contributed by atoms with Crippen LogP contribution in [-0.2, 0) is 14.8 Å². The minimum absolute atomic E-state index is 0.0829. The number of hydrogen-bond acceptors (Lipinski definition) is 7. The van der Waals surface area contributed by atoms with E-state index >= 15 is 0 Å². The van der Waals surface area contributed by atoms with Gasteiger partial charge in [-0.3, -0.25) is 14.6 Å². The van der Waals surface area contributed by atoms with Gasteiger partial charge in [-0.05, 0) is 80.6 Å². The molecule has 1 saturated heterocycles. The SMILES string of the molecule is Cc1cc2nc(N(CCCN3CCOCC3)C(=O)c3ccc(S(=O)(=O)N(C)C4CC4)cc3)sc2cc1C. The van der Waals surface area contributed by atoms with Crippen molar-refractivity contribution in [3.05, 3.63) is 53.1 Å². The summed E-state index contributed by atoms with van der Waals surface area (Å²) in [4.78, 5) is 22.9. The van der Waals surface area contributed by atoms with Crippen molar-refractivity contribution in [1.82, 2.24) is 14.2 Å². The lowest BCUT2D eigenvalue weighted by Crippen LogP contribution is -2.39. The first-order valence-corrected chi connectivity index (χ1v) is 15.1. The number of aryl methyl sites for hydroxylation is 2. The highest BCUT2D eigenvalue weighted by Crippen LogP contribution is 2.33. The van der Waals surface area contributed by atoms with Gasteiger partial charge in [-0.15, -0.1) is 0 Å². The molecule has 8 nitrogen and oxygen atoms in total. The third-order valence-electron chi connectivity index (χ3n) is 7.27. The first-order chi connectivity index (χ1) is 17.7. The third kappa shape index (κ3) is 5.73. The quantitative estimate of drug-likeness (QED) is 0.406. The molecule has 0 unspecified atom stereocenters. The van der Waals surface area contributed by atoms with Crippen LogP contribution in [0.4, 0.5) is 5.13 Å². The lowest BCUT2D eigenvalue weighted by Gasteiger charge is -2.27. The van der Waals surface area contributed by atoms with Crippen LogP contribution in [0.2, 0.25) is 0 Å². The van der Waals surface area contributed by atoms with E-state index in [9.17, 15) is 13.2 Å². The second kappa shape index (κ2) is 10.8. The molecule has 1 saturated carbocycles. The fourth-order valence-electron chi connectivity index (χ4n) is 4.57. The number of thiazole rings is 1. The normalized spacial score (nSPS) is 17.0. The highest BCUT2D eigenvalue weighted by atomic mass is 32.2. The first-order valence-electron chi connectivity index (χ1n) is 12.8. The van der Waals surface area contributed by atoms with Gasteiger partial charge in [0.2, 0.25) is 10.0 Å². The minimum Gasteiger partial charge on any atom is -0.379 e. The van der Waals surface area contributed by atoms with Crippen LogP contribution in [0.5, 0.6) is 0 Å². The fraction of sp³-hybridized carbons (Fsp3) is 0.481. The summed E-state index contributed by atoms with van der Waals surface area (Å²) in [6.07, 6.45) is 2.60. The molecule has 5 rings (SSSR count). The number of morpholine rings is 1. The molecule has 1 amide bonds. The van der Waals surface area contributed by atoms with Crippen molar-refractivity contribution < 1.29 is 17.9 Å². The number of hydrogen-bond donors (Lipinski definition) is 0. The summed E-state index contributed by atoms with van der Waals surface area (Å²) in [7, 11) is -1.94. The zero-order valence-corrected chi connectivity index (χ0v) is 23.3. The van der Waals surface area contributed by atoms with E-state index < -0.39 is 10.0 Å². The molecule has 0 spiro atoms. The maximum atomic E-state index is 13.8. The van der Waals surface area contributed by atoms with Crippen LogP contribution in [0.25, 0.3) is 10.2 Å². The van der Waals surface area contributed by atoms with Crippen molar-refractivity contribution in [2.24, 2.45) is 0 Å². The van der Waals surface area contributed by atoms with Crippen LogP contribution in [0.1, 0.15) is 40.7 Å². The molecule has 0 N–H and O–H groups in total. The number of anilines is 1. The summed E-state index contributed by atoms with van der Waals surface area (Å²) in [6.45, 7) is 8.83. The van der Waals surface area contributed by atoms with Crippen LogP contribution in [-0.4, -0.2) is 81.0 Å². The molecule has 10 heteroatoms. The standard InChI is InChI=1S/C27H34N4O4S2/c1-19-17-24-25(18-20(19)2)36-27(28-24)31(12-4-11-30-13-15-35-16-14-30)26(32)21-5-9-23(10-6-21)37(33,34)29(3)22-7-8-22/h5-6,9-10,17-18,22H,4,7-8,11-16H2,1-3H3. The lowest BCUT2D eigenvalue weighted by molar-refractivity contribution is 0.0376. The van der Waals surface area contributed by atoms with Gasteiger partial charge < -0.3 is 4.74 Å². The molecule has 0 bridgehead atoms. The molecule has 0 radical (unpaired) electrons. The highest BCUT2D eigenvalue weighted by Gasteiger charge is 2.35. The number of rotatable bonds is 9. The van der Waals surface area contributed by atoms with E-state index in [-0.39, 0.29) is 16.8 Å². The molecule has 37 heavy (non-hydrogen) atoms. The number of fused-ring (bicyclic) bond motifs is 1. The first kappa shape index (κ1) is 26.2. The summed E-state index contributed by atoms with van der Waals surface area (Å²) < 4.78 is 33.7. The second-order valence-electron chi connectivity index (χ2n) is 9.94. The van der Waals surface area contributed by atoms with Crippen molar-refractivity contribution in [3.8, 4) is 0 Å². The summed E-state index contributed by atoms with van der Waals surface area (Å²) in [5.41, 5.74) is 3.70. The van der Waals surface area contributed by atoms with Gasteiger partial charge in [-0.2, -0.15) is 4.31 Å². The summed E-state index contributed by atoms with van der Waals surface area (Å²) >= 11 is 1.52. The predicted molar refractivity (Wildman–Crippen MR) is 147 cm³/mol. The number of sulfonamides is 1. The van der Waals surface area contributed by atoms with E-state index in [1.54, 1.807) is 36.2 Å². The molecule has 1 aromatic heterocycles. The number of ether oxygens (including phenoxy) is 1. The number of benzene rings is 2. The van der Waals surface area contributed by atoms with Crippen molar-refractivity contribution >= 4 is 42.6 Å². The monoisotopic (exact) mass is 542 g/mol. The Kier molecular flexibility index (Phi) is 7.65. The van der Waals surface area contributed by atoms with Gasteiger partial charge in [0.25, 0.3) is 5.91 Å². The van der Waals surface area contributed by atoms with Crippen LogP contribution < -0.4 is 4.90 Å². The lowest BCUT2D eigenvalue weighted by atomic mass is 10.1. The molecule has 2 heterocycles. The van der Waals surface area contributed by atoms with E-state index in [0.29, 0.717) is 17.2 Å². The van der Waals surface area contributed by atoms with Gasteiger partial charge >= 0.3 is 0 Å². The summed E-state index contributed by atoms with van der Waals surface area (Å²) in [5.74, 6) is -0.172. The van der Waals surface area contributed by atoms with Gasteiger partial charge in [-0.1, -0.05) is 11.3 Å². The third-order valence-corrected chi connectivity index (χ3v) is 10.2. The molecule has 3 aromatic rings. The topological polar surface area (TPSA) is 83.0 Å². The van der Waals surface area contributed by atoms with Gasteiger partial charge in [0, 0.05) is 44.8 Å². The Bertz CT molecular complexity index is 1340. The molecule has 2 aliphatic rings. The van der Waals surface area contributed by atoms with E-state index in [2.05, 4.69) is 30.9 Å². The Hall–Kier alpha value is -2.37. The van der Waals surface area contributed by atoms with Crippen LogP contribution in [0.3, 0.4) is 0 Å². The summed E-state index contributed by atoms with van der Waals surface area (Å²) in [5, 5.41) is 0.664. The Morgan fingerprint density at radius 3 is 2.46 bits per heavy atom. The summed E-state index contributed by atoms with van der Waals surface area (Å²) in [6, 6.07) is 10.6. The maximum absolute atomic E-state index is 13.8. The van der Waals surface area contributed by atoms with Gasteiger partial charge in [0.15, 0.2) is 5.13 Å². The van der Waals surface area contributed by atoms with Crippen molar-refractivity contribution in [1.29, 1.82) is 0 Å². The number of carbonyl (C=O) groups excluding carboxylic acids is 1. The Labute approximate surface area is 222 Å². The van der Waals surface area contributed by atoms with Crippen LogP contribution >= 0.6 is 11.3 Å². The molecule has 1 aliphatic carbocycles. The molecule has 1 aliphatic heterocycles. The van der Waals surface area contributed by atoms with Crippen molar-refractivity contribution in [2.75, 3.05) is 51.3 Å². The van der Waals surface area contributed by atoms with E-state index in [1.807, 2.05) is 0 Å². The Morgan fingerprint density at radius 1 is 1.11 bits per heavy atom. The maximum Gasteiger partial charge on any atom is 0.260 e. The number of carbonyl (C=O) groups is 1. The van der Waals surface area contributed by atoms with Gasteiger partial charge in [0.1, 0.15) is 0 Å². The zero-order valence-electron chi connectivity index (χ0n) is 21.6. The number of amides is 1. The highest BCUT2D eigenvalue weighted by molar-refractivity contribution is 7.89. The molecular weight excluding hydrogens is 508 g/mol. The average Bonchev–Trinajstić information content (AvgIpc) is 3.67. The minimum atomic E-state index is -3.56. The van der Waals surface area contributed by atoms with Gasteiger partial charge in [0.05, 0.1) is 28.3 Å². The molecule has 198 valence electrons. The molecule has 2 aromatic carbocycles. The predicted octanol–water partition coefficient (Wildman–Crippen LogP) is 4.07. The molecule has 2 fully saturated rings. The van der Waals surface area contributed by atoms with Crippen LogP contribution in [0.15, 0.2) is 41.3 Å². The van der Waals surface area contributed by atoms with Crippen molar-refractivity contribution in [3.63, 3.8) is 0 Å². The van der Waals surface area contributed by atoms with Crippen LogP contribution in [0, 0.1) is 13.8 Å². The smallest absolute Gasteiger partial charge is 0.260 e. The molecule has 0 atom stereocenters. The Morgan fingerprint density at radius 2 is 1.78 bits per heavy atom. The number of nitrogens with zero attached hydrogens (tertiary/aromatic N) is 4. The van der Waals surface area contributed by atoms with Crippen molar-refractivity contribution in [2.45, 2.75) is 44.0 Å². The van der Waals surface area contributed by atoms with E-state index in [0.717, 1.165) is 62.3 Å². The molecular formula is C27H34N4O4S2. The zero-order chi connectivity index (χ0) is 26.2. The largest absolute Gasteiger partial charge is 0.379 e. The second-order valence-corrected chi connectivity index (χ2v) is 12.9. The van der Waals surface area contributed by atoms with E-state index in [1.165, 1.54) is 26.8 Å². The van der Waals surface area contributed by atoms with E-state index in [4.69, 9.17) is 9.72 Å². The Balaban J connectivity index is 1.39. The number of aromatic nitrogens is 1. The van der Waals surface area contributed by atoms with Gasteiger partial charge in [-0.25, -0.2) is 13.4 Å². The average molecular weight is 543 g/mol.